The molecule has 0 fully saturated rings. The molecule has 0 spiro atoms. The van der Waals surface area contributed by atoms with Crippen molar-refractivity contribution in [3.63, 3.8) is 0 Å². The lowest BCUT2D eigenvalue weighted by Gasteiger charge is -2.00. The number of rotatable bonds is 2. The molecule has 0 unspecified atom stereocenters. The number of benzene rings is 1. The minimum atomic E-state index is -0.201. The molecule has 0 aliphatic carbocycles. The van der Waals surface area contributed by atoms with E-state index in [1.54, 1.807) is 0 Å². The number of halogens is 1. The Morgan fingerprint density at radius 3 is 2.92 bits per heavy atom. The van der Waals surface area contributed by atoms with E-state index in [1.807, 2.05) is 24.3 Å². The van der Waals surface area contributed by atoms with E-state index in [1.165, 1.54) is 6.08 Å². The third-order valence-electron chi connectivity index (χ3n) is 1.28. The summed E-state index contributed by atoms with van der Waals surface area (Å²) in [5, 5.41) is 2.65. The topological polar surface area (TPSA) is 29.1 Å². The van der Waals surface area contributed by atoms with Crippen molar-refractivity contribution in [3.8, 4) is 0 Å². The summed E-state index contributed by atoms with van der Waals surface area (Å²) in [6, 6.07) is 7.37. The van der Waals surface area contributed by atoms with E-state index in [2.05, 4.69) is 27.8 Å². The molecular weight excluding hydrogens is 218 g/mol. The monoisotopic (exact) mass is 225 g/mol. The number of hydrogen-bond donors (Lipinski definition) is 1. The van der Waals surface area contributed by atoms with Crippen molar-refractivity contribution in [2.45, 2.75) is 0 Å². The molecule has 1 aromatic rings. The zero-order valence-corrected chi connectivity index (χ0v) is 7.97. The van der Waals surface area contributed by atoms with Gasteiger partial charge in [-0.2, -0.15) is 0 Å². The Kier molecular flexibility index (Phi) is 3.05. The van der Waals surface area contributed by atoms with Gasteiger partial charge in [-0.15, -0.1) is 0 Å². The van der Waals surface area contributed by atoms with E-state index >= 15 is 0 Å². The molecule has 1 N–H and O–H groups in total. The number of hydrogen-bond acceptors (Lipinski definition) is 1. The van der Waals surface area contributed by atoms with Crippen LogP contribution < -0.4 is 5.32 Å². The Hall–Kier alpha value is -1.09. The van der Waals surface area contributed by atoms with Gasteiger partial charge in [0.15, 0.2) is 0 Å². The maximum Gasteiger partial charge on any atom is 0.247 e. The fourth-order valence-corrected chi connectivity index (χ4v) is 1.16. The Bertz CT molecular complexity index is 309. The Morgan fingerprint density at radius 2 is 2.33 bits per heavy atom. The molecule has 0 aliphatic heterocycles. The van der Waals surface area contributed by atoms with E-state index in [0.717, 1.165) is 10.2 Å². The molecule has 3 heteroatoms. The van der Waals surface area contributed by atoms with Crippen LogP contribution in [0.25, 0.3) is 0 Å². The van der Waals surface area contributed by atoms with Crippen LogP contribution in [0.4, 0.5) is 5.69 Å². The van der Waals surface area contributed by atoms with Crippen LogP contribution >= 0.6 is 15.9 Å². The molecule has 0 atom stereocenters. The summed E-state index contributed by atoms with van der Waals surface area (Å²) in [5.41, 5.74) is 0.759. The van der Waals surface area contributed by atoms with Crippen LogP contribution in [-0.2, 0) is 4.79 Å². The fraction of sp³-hybridized carbons (Fsp3) is 0. The molecule has 0 bridgehead atoms. The Morgan fingerprint density at radius 1 is 1.58 bits per heavy atom. The Balaban J connectivity index is 2.76. The molecule has 0 saturated heterocycles. The van der Waals surface area contributed by atoms with Gasteiger partial charge in [0.25, 0.3) is 0 Å². The molecule has 12 heavy (non-hydrogen) atoms. The number of carbonyl (C=O) groups is 1. The van der Waals surface area contributed by atoms with Crippen molar-refractivity contribution < 1.29 is 4.79 Å². The van der Waals surface area contributed by atoms with Crippen LogP contribution in [0.2, 0.25) is 0 Å². The molecule has 1 aromatic carbocycles. The molecule has 0 aromatic heterocycles. The van der Waals surface area contributed by atoms with Crippen LogP contribution in [0.3, 0.4) is 0 Å². The second kappa shape index (κ2) is 4.07. The highest BCUT2D eigenvalue weighted by Gasteiger charge is 1.95. The standard InChI is InChI=1S/C9H8BrNO/c1-2-9(12)11-8-5-3-4-7(10)6-8/h2-6H,1H2,(H,11,12). The summed E-state index contributed by atoms with van der Waals surface area (Å²) in [6.07, 6.45) is 1.24. The van der Waals surface area contributed by atoms with Gasteiger partial charge in [-0.1, -0.05) is 28.6 Å². The molecule has 62 valence electrons. The molecule has 1 rings (SSSR count). The summed E-state index contributed by atoms with van der Waals surface area (Å²) >= 11 is 3.30. The molecule has 0 radical (unpaired) electrons. The van der Waals surface area contributed by atoms with Crippen LogP contribution in [0.15, 0.2) is 41.4 Å². The third-order valence-corrected chi connectivity index (χ3v) is 1.77. The van der Waals surface area contributed by atoms with Crippen molar-refractivity contribution in [2.24, 2.45) is 0 Å². The van der Waals surface area contributed by atoms with E-state index in [0.29, 0.717) is 0 Å². The quantitative estimate of drug-likeness (QED) is 0.771. The van der Waals surface area contributed by atoms with Gasteiger partial charge >= 0.3 is 0 Å². The second-order valence-corrected chi connectivity index (χ2v) is 3.12. The minimum absolute atomic E-state index is 0.201. The normalized spacial score (nSPS) is 9.08. The number of carbonyl (C=O) groups excluding carboxylic acids is 1. The zero-order valence-electron chi connectivity index (χ0n) is 6.38. The van der Waals surface area contributed by atoms with Crippen molar-refractivity contribution in [1.82, 2.24) is 0 Å². The highest BCUT2D eigenvalue weighted by molar-refractivity contribution is 9.10. The number of nitrogens with one attached hydrogen (secondary N) is 1. The molecule has 2 nitrogen and oxygen atoms in total. The first-order chi connectivity index (χ1) is 5.72. The highest BCUT2D eigenvalue weighted by Crippen LogP contribution is 2.15. The fourth-order valence-electron chi connectivity index (χ4n) is 0.760. The van der Waals surface area contributed by atoms with E-state index < -0.39 is 0 Å². The highest BCUT2D eigenvalue weighted by atomic mass is 79.9. The maximum absolute atomic E-state index is 10.8. The van der Waals surface area contributed by atoms with Crippen LogP contribution in [0.5, 0.6) is 0 Å². The summed E-state index contributed by atoms with van der Waals surface area (Å²) < 4.78 is 0.935. The van der Waals surface area contributed by atoms with Gasteiger partial charge in [0.05, 0.1) is 0 Å². The predicted octanol–water partition coefficient (Wildman–Crippen LogP) is 2.57. The number of anilines is 1. The van der Waals surface area contributed by atoms with Gasteiger partial charge in [0.1, 0.15) is 0 Å². The average molecular weight is 226 g/mol. The molecule has 1 amide bonds. The smallest absolute Gasteiger partial charge is 0.247 e. The van der Waals surface area contributed by atoms with Crippen LogP contribution in [0, 0.1) is 0 Å². The van der Waals surface area contributed by atoms with E-state index in [-0.39, 0.29) is 5.91 Å². The second-order valence-electron chi connectivity index (χ2n) is 2.20. The van der Waals surface area contributed by atoms with Gasteiger partial charge in [0, 0.05) is 10.2 Å². The largest absolute Gasteiger partial charge is 0.322 e. The Labute approximate surface area is 79.4 Å². The first kappa shape index (κ1) is 9.00. The summed E-state index contributed by atoms with van der Waals surface area (Å²) in [7, 11) is 0. The SMILES string of the molecule is C=CC(=O)Nc1cccc(Br)c1. The average Bonchev–Trinajstić information content (AvgIpc) is 2.04. The van der Waals surface area contributed by atoms with Crippen LogP contribution in [-0.4, -0.2) is 5.91 Å². The lowest BCUT2D eigenvalue weighted by Crippen LogP contribution is -2.06. The van der Waals surface area contributed by atoms with Gasteiger partial charge in [-0.3, -0.25) is 4.79 Å². The summed E-state index contributed by atoms with van der Waals surface area (Å²) in [5.74, 6) is -0.201. The van der Waals surface area contributed by atoms with E-state index in [9.17, 15) is 4.79 Å². The lowest BCUT2D eigenvalue weighted by molar-refractivity contribution is -0.111. The van der Waals surface area contributed by atoms with Gasteiger partial charge < -0.3 is 5.32 Å². The summed E-state index contributed by atoms with van der Waals surface area (Å²) in [6.45, 7) is 3.36. The zero-order chi connectivity index (χ0) is 8.97. The lowest BCUT2D eigenvalue weighted by atomic mass is 10.3. The minimum Gasteiger partial charge on any atom is -0.322 e. The maximum atomic E-state index is 10.8. The van der Waals surface area contributed by atoms with E-state index in [4.69, 9.17) is 0 Å². The van der Waals surface area contributed by atoms with Gasteiger partial charge in [-0.25, -0.2) is 0 Å². The van der Waals surface area contributed by atoms with Crippen molar-refractivity contribution in [2.75, 3.05) is 5.32 Å². The first-order valence-corrected chi connectivity index (χ1v) is 4.20. The molecule has 0 heterocycles. The molecule has 0 saturated carbocycles. The van der Waals surface area contributed by atoms with Gasteiger partial charge in [-0.05, 0) is 24.3 Å². The number of amides is 1. The van der Waals surface area contributed by atoms with Crippen molar-refractivity contribution in [1.29, 1.82) is 0 Å². The molecule has 0 aliphatic rings. The summed E-state index contributed by atoms with van der Waals surface area (Å²) in [4.78, 5) is 10.8. The van der Waals surface area contributed by atoms with Crippen molar-refractivity contribution in [3.05, 3.63) is 41.4 Å². The van der Waals surface area contributed by atoms with Crippen molar-refractivity contribution >= 4 is 27.5 Å². The first-order valence-electron chi connectivity index (χ1n) is 3.41. The third kappa shape index (κ3) is 2.51. The predicted molar refractivity (Wildman–Crippen MR) is 53.0 cm³/mol. The van der Waals surface area contributed by atoms with Crippen LogP contribution in [0.1, 0.15) is 0 Å². The van der Waals surface area contributed by atoms with Gasteiger partial charge in [0.2, 0.25) is 5.91 Å². The molecular formula is C9H8BrNO.